The maximum atomic E-state index is 6.24. The third-order valence-corrected chi connectivity index (χ3v) is 4.20. The summed E-state index contributed by atoms with van der Waals surface area (Å²) >= 11 is 18.3. The molecule has 0 aliphatic heterocycles. The van der Waals surface area contributed by atoms with E-state index >= 15 is 0 Å². The Hall–Kier alpha value is -0.730. The number of hydrogen-bond donors (Lipinski definition) is 1. The van der Waals surface area contributed by atoms with Crippen LogP contribution in [0.4, 0.5) is 0 Å². The summed E-state index contributed by atoms with van der Waals surface area (Å²) in [5.41, 5.74) is 2.23. The largest absolute Gasteiger partial charge is 0.307 e. The summed E-state index contributed by atoms with van der Waals surface area (Å²) in [5, 5.41) is 5.75. The molecule has 1 N–H and O–H groups in total. The van der Waals surface area contributed by atoms with E-state index in [0.717, 1.165) is 22.0 Å². The molecule has 0 heterocycles. The van der Waals surface area contributed by atoms with Crippen LogP contribution in [0.1, 0.15) is 31.0 Å². The highest BCUT2D eigenvalue weighted by Crippen LogP contribution is 2.26. The van der Waals surface area contributed by atoms with Crippen molar-refractivity contribution in [1.29, 1.82) is 0 Å². The molecule has 112 valence electrons. The normalized spacial score (nSPS) is 14.0. The fourth-order valence-corrected chi connectivity index (χ4v) is 3.11. The molecule has 0 bridgehead atoms. The van der Waals surface area contributed by atoms with Gasteiger partial charge in [-0.05, 0) is 61.7 Å². The van der Waals surface area contributed by atoms with Gasteiger partial charge in [0.1, 0.15) is 0 Å². The first-order valence-corrected chi connectivity index (χ1v) is 8.04. The maximum absolute atomic E-state index is 6.24. The molecule has 0 saturated heterocycles. The van der Waals surface area contributed by atoms with Crippen LogP contribution in [0.3, 0.4) is 0 Å². The minimum absolute atomic E-state index is 0.130. The zero-order valence-corrected chi connectivity index (χ0v) is 14.3. The fraction of sp³-hybridized carbons (Fsp3) is 0.294. The molecule has 0 spiro atoms. The van der Waals surface area contributed by atoms with E-state index in [0.29, 0.717) is 11.1 Å². The molecule has 2 atom stereocenters. The Balaban J connectivity index is 2.01. The Kier molecular flexibility index (Phi) is 5.95. The van der Waals surface area contributed by atoms with E-state index < -0.39 is 0 Å². The van der Waals surface area contributed by atoms with Crippen LogP contribution < -0.4 is 5.32 Å². The summed E-state index contributed by atoms with van der Waals surface area (Å²) in [7, 11) is 0. The summed E-state index contributed by atoms with van der Waals surface area (Å²) < 4.78 is 0. The zero-order valence-electron chi connectivity index (χ0n) is 12.0. The first kappa shape index (κ1) is 16.6. The number of halogens is 3. The van der Waals surface area contributed by atoms with Gasteiger partial charge in [-0.15, -0.1) is 0 Å². The monoisotopic (exact) mass is 341 g/mol. The van der Waals surface area contributed by atoms with Gasteiger partial charge < -0.3 is 5.32 Å². The third kappa shape index (κ3) is 4.89. The number of benzene rings is 2. The van der Waals surface area contributed by atoms with Gasteiger partial charge in [-0.3, -0.25) is 0 Å². The van der Waals surface area contributed by atoms with Gasteiger partial charge in [0, 0.05) is 27.2 Å². The molecule has 1 nitrogen and oxygen atoms in total. The Morgan fingerprint density at radius 3 is 2.38 bits per heavy atom. The highest BCUT2D eigenvalue weighted by Gasteiger charge is 2.13. The molecule has 2 rings (SSSR count). The van der Waals surface area contributed by atoms with Gasteiger partial charge in [0.25, 0.3) is 0 Å². The molecule has 0 radical (unpaired) electrons. The van der Waals surface area contributed by atoms with E-state index in [2.05, 4.69) is 25.2 Å². The average Bonchev–Trinajstić information content (AvgIpc) is 2.41. The topological polar surface area (TPSA) is 12.0 Å². The zero-order chi connectivity index (χ0) is 15.4. The Labute approximate surface area is 141 Å². The summed E-state index contributed by atoms with van der Waals surface area (Å²) in [6.07, 6.45) is 0.906. The Morgan fingerprint density at radius 2 is 1.67 bits per heavy atom. The lowest BCUT2D eigenvalue weighted by molar-refractivity contribution is 0.477. The van der Waals surface area contributed by atoms with Crippen LogP contribution in [-0.4, -0.2) is 6.04 Å². The van der Waals surface area contributed by atoms with E-state index in [9.17, 15) is 0 Å². The Bertz CT molecular complexity index is 613. The minimum atomic E-state index is 0.130. The summed E-state index contributed by atoms with van der Waals surface area (Å²) in [6.45, 7) is 4.24. The number of hydrogen-bond acceptors (Lipinski definition) is 1. The van der Waals surface area contributed by atoms with Gasteiger partial charge in [0.15, 0.2) is 0 Å². The first-order valence-electron chi connectivity index (χ1n) is 6.91. The van der Waals surface area contributed by atoms with Crippen LogP contribution in [0.5, 0.6) is 0 Å². The molecule has 0 saturated carbocycles. The second kappa shape index (κ2) is 7.51. The first-order chi connectivity index (χ1) is 9.95. The second-order valence-corrected chi connectivity index (χ2v) is 6.57. The number of rotatable bonds is 5. The second-order valence-electron chi connectivity index (χ2n) is 5.29. The maximum Gasteiger partial charge on any atom is 0.0454 e. The van der Waals surface area contributed by atoms with Crippen molar-refractivity contribution >= 4 is 34.8 Å². The third-order valence-electron chi connectivity index (χ3n) is 3.39. The van der Waals surface area contributed by atoms with Crippen molar-refractivity contribution in [2.45, 2.75) is 32.4 Å². The quantitative estimate of drug-likeness (QED) is 0.710. The van der Waals surface area contributed by atoms with E-state index in [4.69, 9.17) is 34.8 Å². The predicted molar refractivity (Wildman–Crippen MR) is 92.6 cm³/mol. The SMILES string of the molecule is CC(Cc1cccc(Cl)c1)NC(C)c1cc(Cl)ccc1Cl. The smallest absolute Gasteiger partial charge is 0.0454 e. The van der Waals surface area contributed by atoms with E-state index in [1.54, 1.807) is 6.07 Å². The molecule has 0 aliphatic rings. The Morgan fingerprint density at radius 1 is 0.952 bits per heavy atom. The predicted octanol–water partition coefficient (Wildman–Crippen LogP) is 5.93. The number of nitrogens with one attached hydrogen (secondary N) is 1. The molecule has 0 amide bonds. The van der Waals surface area contributed by atoms with Crippen molar-refractivity contribution in [1.82, 2.24) is 5.32 Å². The van der Waals surface area contributed by atoms with Gasteiger partial charge >= 0.3 is 0 Å². The van der Waals surface area contributed by atoms with E-state index in [1.165, 1.54) is 5.56 Å². The lowest BCUT2D eigenvalue weighted by Crippen LogP contribution is -2.30. The van der Waals surface area contributed by atoms with Crippen molar-refractivity contribution in [3.8, 4) is 0 Å². The van der Waals surface area contributed by atoms with Gasteiger partial charge in [-0.2, -0.15) is 0 Å². The molecular weight excluding hydrogens is 325 g/mol. The van der Waals surface area contributed by atoms with Crippen LogP contribution in [0, 0.1) is 0 Å². The van der Waals surface area contributed by atoms with E-state index in [-0.39, 0.29) is 6.04 Å². The molecule has 2 aromatic rings. The van der Waals surface area contributed by atoms with Crippen LogP contribution in [-0.2, 0) is 6.42 Å². The van der Waals surface area contributed by atoms with Crippen molar-refractivity contribution in [3.63, 3.8) is 0 Å². The highest BCUT2D eigenvalue weighted by atomic mass is 35.5. The minimum Gasteiger partial charge on any atom is -0.307 e. The highest BCUT2D eigenvalue weighted by molar-refractivity contribution is 6.33. The van der Waals surface area contributed by atoms with Crippen LogP contribution >= 0.6 is 34.8 Å². The van der Waals surface area contributed by atoms with Crippen molar-refractivity contribution in [3.05, 3.63) is 68.7 Å². The lowest BCUT2D eigenvalue weighted by Gasteiger charge is -2.21. The fourth-order valence-electron chi connectivity index (χ4n) is 2.44. The van der Waals surface area contributed by atoms with Gasteiger partial charge in [0.05, 0.1) is 0 Å². The molecule has 21 heavy (non-hydrogen) atoms. The summed E-state index contributed by atoms with van der Waals surface area (Å²) in [6, 6.07) is 13.9. The van der Waals surface area contributed by atoms with Gasteiger partial charge in [-0.25, -0.2) is 0 Å². The molecule has 0 aliphatic carbocycles. The summed E-state index contributed by atoms with van der Waals surface area (Å²) in [5.74, 6) is 0. The molecule has 0 fully saturated rings. The molecular formula is C17H18Cl3N. The van der Waals surface area contributed by atoms with Crippen LogP contribution in [0.15, 0.2) is 42.5 Å². The standard InChI is InChI=1S/C17H18Cl3N/c1-11(8-13-4-3-5-14(18)9-13)21-12(2)16-10-15(19)6-7-17(16)20/h3-7,9-12,21H,8H2,1-2H3. The van der Waals surface area contributed by atoms with E-state index in [1.807, 2.05) is 30.3 Å². The van der Waals surface area contributed by atoms with Crippen molar-refractivity contribution in [2.24, 2.45) is 0 Å². The van der Waals surface area contributed by atoms with Crippen molar-refractivity contribution in [2.75, 3.05) is 0 Å². The molecule has 2 aromatic carbocycles. The van der Waals surface area contributed by atoms with Crippen LogP contribution in [0.25, 0.3) is 0 Å². The lowest BCUT2D eigenvalue weighted by atomic mass is 10.0. The van der Waals surface area contributed by atoms with Crippen LogP contribution in [0.2, 0.25) is 15.1 Å². The molecule has 0 aromatic heterocycles. The van der Waals surface area contributed by atoms with Gasteiger partial charge in [-0.1, -0.05) is 46.9 Å². The summed E-state index contributed by atoms with van der Waals surface area (Å²) in [4.78, 5) is 0. The average molecular weight is 343 g/mol. The molecule has 4 heteroatoms. The van der Waals surface area contributed by atoms with Crippen molar-refractivity contribution < 1.29 is 0 Å². The molecule has 2 unspecified atom stereocenters. The van der Waals surface area contributed by atoms with Gasteiger partial charge in [0.2, 0.25) is 0 Å².